The van der Waals surface area contributed by atoms with Crippen LogP contribution in [0.4, 0.5) is 11.6 Å². The Bertz CT molecular complexity index is 1140. The average molecular weight is 419 g/mol. The Morgan fingerprint density at radius 3 is 2.81 bits per heavy atom. The molecular weight excluding hydrogens is 392 g/mol. The van der Waals surface area contributed by atoms with Crippen molar-refractivity contribution in [3.05, 3.63) is 59.3 Å². The summed E-state index contributed by atoms with van der Waals surface area (Å²) in [5, 5.41) is 23.8. The highest BCUT2D eigenvalue weighted by Gasteiger charge is 2.26. The van der Waals surface area contributed by atoms with E-state index in [1.54, 1.807) is 16.8 Å². The van der Waals surface area contributed by atoms with Gasteiger partial charge >= 0.3 is 0 Å². The van der Waals surface area contributed by atoms with Gasteiger partial charge in [-0.25, -0.2) is 4.98 Å². The molecule has 2 atom stereocenters. The lowest BCUT2D eigenvalue weighted by atomic mass is 10.0. The van der Waals surface area contributed by atoms with Gasteiger partial charge in [-0.3, -0.25) is 4.79 Å². The van der Waals surface area contributed by atoms with E-state index in [1.165, 1.54) is 5.56 Å². The van der Waals surface area contributed by atoms with E-state index in [-0.39, 0.29) is 18.4 Å². The maximum Gasteiger partial charge on any atom is 0.249 e. The lowest BCUT2D eigenvalue weighted by Crippen LogP contribution is -2.24. The van der Waals surface area contributed by atoms with E-state index in [9.17, 15) is 9.90 Å². The van der Waals surface area contributed by atoms with Crippen LogP contribution in [0.25, 0.3) is 11.7 Å². The molecule has 8 heteroatoms. The zero-order chi connectivity index (χ0) is 21.4. The zero-order valence-electron chi connectivity index (χ0n) is 17.4. The van der Waals surface area contributed by atoms with Crippen LogP contribution in [0.3, 0.4) is 0 Å². The minimum absolute atomic E-state index is 0.130. The fraction of sp³-hybridized carbons (Fsp3) is 0.348. The Balaban J connectivity index is 1.53. The number of fused-ring (bicyclic) bond motifs is 1. The highest BCUT2D eigenvalue weighted by molar-refractivity contribution is 6.00. The van der Waals surface area contributed by atoms with Gasteiger partial charge in [-0.05, 0) is 30.9 Å². The average Bonchev–Trinajstić information content (AvgIpc) is 3.41. The van der Waals surface area contributed by atoms with E-state index < -0.39 is 6.23 Å². The van der Waals surface area contributed by atoms with Gasteiger partial charge < -0.3 is 21.1 Å². The van der Waals surface area contributed by atoms with Crippen LogP contribution in [0.1, 0.15) is 49.8 Å². The fourth-order valence-electron chi connectivity index (χ4n) is 3.89. The van der Waals surface area contributed by atoms with Crippen molar-refractivity contribution in [1.82, 2.24) is 19.9 Å². The van der Waals surface area contributed by atoms with Crippen LogP contribution >= 0.6 is 0 Å². The summed E-state index contributed by atoms with van der Waals surface area (Å²) in [6.45, 7) is 2.14. The molecule has 0 spiro atoms. The first kappa shape index (κ1) is 19.6. The van der Waals surface area contributed by atoms with Crippen molar-refractivity contribution in [2.45, 2.75) is 50.9 Å². The van der Waals surface area contributed by atoms with Gasteiger partial charge in [-0.15, -0.1) is 0 Å². The number of nitrogens with zero attached hydrogens (tertiary/aromatic N) is 3. The number of aliphatic hydroxyl groups excluding tert-OH is 1. The molecule has 1 saturated heterocycles. The summed E-state index contributed by atoms with van der Waals surface area (Å²) in [5.74, 6) is 1.37. The van der Waals surface area contributed by atoms with Crippen LogP contribution in [-0.4, -0.2) is 37.9 Å². The van der Waals surface area contributed by atoms with E-state index in [0.29, 0.717) is 17.3 Å². The molecule has 31 heavy (non-hydrogen) atoms. The molecule has 160 valence electrons. The van der Waals surface area contributed by atoms with Gasteiger partial charge in [0, 0.05) is 29.7 Å². The highest BCUT2D eigenvalue weighted by atomic mass is 16.3. The second kappa shape index (κ2) is 8.03. The summed E-state index contributed by atoms with van der Waals surface area (Å²) in [5.41, 5.74) is 3.14. The van der Waals surface area contributed by atoms with Crippen LogP contribution in [-0.2, 0) is 4.79 Å². The molecule has 5 rings (SSSR count). The molecule has 2 aliphatic rings. The lowest BCUT2D eigenvalue weighted by molar-refractivity contribution is -0.117. The van der Waals surface area contributed by atoms with Gasteiger partial charge in [0.2, 0.25) is 5.91 Å². The summed E-state index contributed by atoms with van der Waals surface area (Å²) in [4.78, 5) is 16.9. The number of hydrogen-bond donors (Lipinski definition) is 4. The monoisotopic (exact) mass is 418 g/mol. The van der Waals surface area contributed by atoms with Crippen LogP contribution in [0.5, 0.6) is 0 Å². The maximum absolute atomic E-state index is 12.1. The lowest BCUT2D eigenvalue weighted by Gasteiger charge is -2.19. The van der Waals surface area contributed by atoms with Crippen molar-refractivity contribution in [1.29, 1.82) is 0 Å². The third kappa shape index (κ3) is 4.11. The molecule has 0 bridgehead atoms. The number of carbonyl (C=O) groups excluding carboxylic acids is 1. The first-order chi connectivity index (χ1) is 15.1. The minimum atomic E-state index is -0.839. The summed E-state index contributed by atoms with van der Waals surface area (Å²) in [6, 6.07) is 12.9. The molecule has 3 aromatic rings. The van der Waals surface area contributed by atoms with Crippen LogP contribution in [0.2, 0.25) is 0 Å². The van der Waals surface area contributed by atoms with Crippen molar-refractivity contribution in [3.8, 4) is 0 Å². The first-order valence-electron chi connectivity index (χ1n) is 10.8. The number of rotatable bonds is 7. The number of hydrogen-bond acceptors (Lipinski definition) is 6. The summed E-state index contributed by atoms with van der Waals surface area (Å²) >= 11 is 0. The number of aliphatic hydroxyl groups is 1. The van der Waals surface area contributed by atoms with Gasteiger partial charge in [0.05, 0.1) is 12.2 Å². The van der Waals surface area contributed by atoms with Crippen molar-refractivity contribution in [3.63, 3.8) is 0 Å². The summed E-state index contributed by atoms with van der Waals surface area (Å²) in [6.07, 6.45) is 6.11. The summed E-state index contributed by atoms with van der Waals surface area (Å²) < 4.78 is 1.78. The molecule has 1 saturated carbocycles. The van der Waals surface area contributed by atoms with Crippen LogP contribution in [0.15, 0.2) is 48.2 Å². The molecule has 1 aromatic carbocycles. The van der Waals surface area contributed by atoms with Gasteiger partial charge in [0.1, 0.15) is 17.9 Å². The second-order valence-electron chi connectivity index (χ2n) is 8.16. The van der Waals surface area contributed by atoms with Gasteiger partial charge in [-0.1, -0.05) is 37.3 Å². The molecule has 1 amide bonds. The third-order valence-electron chi connectivity index (χ3n) is 5.69. The molecule has 4 N–H and O–H groups in total. The van der Waals surface area contributed by atoms with E-state index in [4.69, 9.17) is 4.98 Å². The summed E-state index contributed by atoms with van der Waals surface area (Å²) in [7, 11) is 0. The van der Waals surface area contributed by atoms with Gasteiger partial charge in [0.15, 0.2) is 5.65 Å². The molecule has 3 heterocycles. The molecule has 1 aliphatic carbocycles. The first-order valence-corrected chi connectivity index (χ1v) is 10.8. The van der Waals surface area contributed by atoms with Crippen molar-refractivity contribution >= 4 is 29.3 Å². The molecule has 1 unspecified atom stereocenters. The van der Waals surface area contributed by atoms with E-state index in [0.717, 1.165) is 36.5 Å². The Morgan fingerprint density at radius 1 is 1.32 bits per heavy atom. The Kier molecular flexibility index (Phi) is 5.07. The largest absolute Gasteiger partial charge is 0.373 e. The minimum Gasteiger partial charge on any atom is -0.373 e. The molecule has 2 aromatic heterocycles. The normalized spacial score (nSPS) is 20.8. The number of nitrogens with one attached hydrogen (secondary N) is 3. The van der Waals surface area contributed by atoms with Crippen molar-refractivity contribution in [2.75, 3.05) is 10.6 Å². The maximum atomic E-state index is 12.1. The van der Waals surface area contributed by atoms with Gasteiger partial charge in [-0.2, -0.15) is 9.61 Å². The van der Waals surface area contributed by atoms with Crippen molar-refractivity contribution < 1.29 is 9.90 Å². The van der Waals surface area contributed by atoms with E-state index in [2.05, 4.69) is 40.1 Å². The zero-order valence-corrected chi connectivity index (χ0v) is 17.4. The molecule has 2 fully saturated rings. The predicted molar refractivity (Wildman–Crippen MR) is 119 cm³/mol. The number of carbonyl (C=O) groups is 1. The fourth-order valence-corrected chi connectivity index (χ4v) is 3.89. The topological polar surface area (TPSA) is 104 Å². The van der Waals surface area contributed by atoms with E-state index >= 15 is 0 Å². The highest BCUT2D eigenvalue weighted by Crippen LogP contribution is 2.30. The number of anilines is 2. The molecule has 1 aliphatic heterocycles. The Hall–Kier alpha value is -3.39. The number of amides is 1. The molecular formula is C23H26N6O2. The second-order valence-corrected chi connectivity index (χ2v) is 8.16. The quantitative estimate of drug-likeness (QED) is 0.440. The van der Waals surface area contributed by atoms with Crippen molar-refractivity contribution in [2.24, 2.45) is 0 Å². The van der Waals surface area contributed by atoms with Crippen LogP contribution in [0, 0.1) is 0 Å². The Morgan fingerprint density at radius 2 is 2.13 bits per heavy atom. The standard InChI is InChI=1S/C23H26N6O2/c1-2-18(14-6-4-3-5-7-14)26-19-12-20(25-17-8-9-17)29-22(27-19)16(13-24-29)10-15-11-21(30)28-23(15)31/h3-7,10,12-13,17-18,21,25,30H,2,8-9,11H2,1H3,(H,26,27)(H,28,31)/b15-10+/t18-,21?/m0/s1. The number of benzene rings is 1. The SMILES string of the molecule is CC[C@H](Nc1cc(NC2CC2)n2ncc(/C=C3\CC(O)NC3=O)c2n1)c1ccccc1. The Labute approximate surface area is 180 Å². The molecule has 8 nitrogen and oxygen atoms in total. The predicted octanol–water partition coefficient (Wildman–Crippen LogP) is 3.09. The van der Waals surface area contributed by atoms with Gasteiger partial charge in [0.25, 0.3) is 0 Å². The third-order valence-corrected chi connectivity index (χ3v) is 5.69. The smallest absolute Gasteiger partial charge is 0.249 e. The number of aromatic nitrogens is 3. The molecule has 0 radical (unpaired) electrons. The van der Waals surface area contributed by atoms with E-state index in [1.807, 2.05) is 24.3 Å². The van der Waals surface area contributed by atoms with Crippen LogP contribution < -0.4 is 16.0 Å².